The van der Waals surface area contributed by atoms with Crippen LogP contribution in [0, 0.1) is 28.6 Å². The van der Waals surface area contributed by atoms with Gasteiger partial charge in [-0.1, -0.05) is 50.1 Å². The number of hydrogen-bond donors (Lipinski definition) is 3. The minimum absolute atomic E-state index is 0.0370. The van der Waals surface area contributed by atoms with E-state index in [0.29, 0.717) is 12.0 Å². The number of ether oxygens (including phenoxy) is 3. The molecule has 3 N–H and O–H groups in total. The van der Waals surface area contributed by atoms with Crippen molar-refractivity contribution in [1.29, 1.82) is 0 Å². The zero-order chi connectivity index (χ0) is 28.7. The zero-order valence-electron chi connectivity index (χ0n) is 23.9. The van der Waals surface area contributed by atoms with Crippen LogP contribution in [0.2, 0.25) is 0 Å². The van der Waals surface area contributed by atoms with Gasteiger partial charge in [0.15, 0.2) is 5.60 Å². The van der Waals surface area contributed by atoms with Crippen molar-refractivity contribution in [3.8, 4) is 0 Å². The van der Waals surface area contributed by atoms with Gasteiger partial charge in [-0.3, -0.25) is 4.79 Å². The number of carbonyl (C=O) groups excluding carboxylic acids is 2. The Balaban J connectivity index is 1.83. The number of allylic oxidation sites excluding steroid dienone is 1. The molecule has 0 spiro atoms. The van der Waals surface area contributed by atoms with Crippen molar-refractivity contribution in [2.24, 2.45) is 28.6 Å². The molecule has 0 amide bonds. The molecular formula is C31H42O8. The fraction of sp³-hybridized carbons (Fsp3) is 0.677. The molecule has 8 heteroatoms. The standard InChI is InChI=1S/C31H42O8/c1-16-14-30(28(5,6)36)23(17(16)2)18(3)25(34)29(7)21(33)13-22-31(15-37-22,39-19(4)32)24(29)26(30)38-27(35)20-11-9-8-10-12-20/h8-12,16,18,21-22,24-26,33-34,36H,13-15H2,1-7H3/t16-,18-,21-,22+,24-,25-,26-,29+,30-,31-/m0/s1. The van der Waals surface area contributed by atoms with Crippen LogP contribution in [0.3, 0.4) is 0 Å². The van der Waals surface area contributed by atoms with E-state index < -0.39 is 70.2 Å². The van der Waals surface area contributed by atoms with Crippen molar-refractivity contribution in [2.45, 2.75) is 96.9 Å². The zero-order valence-corrected chi connectivity index (χ0v) is 23.9. The van der Waals surface area contributed by atoms with Crippen LogP contribution >= 0.6 is 0 Å². The van der Waals surface area contributed by atoms with Crippen molar-refractivity contribution >= 4 is 11.9 Å². The van der Waals surface area contributed by atoms with Crippen LogP contribution in [-0.2, 0) is 19.0 Å². The molecule has 0 bridgehead atoms. The average molecular weight is 543 g/mol. The van der Waals surface area contributed by atoms with Crippen LogP contribution in [0.4, 0.5) is 0 Å². The first-order valence-electron chi connectivity index (χ1n) is 14.0. The lowest BCUT2D eigenvalue weighted by atomic mass is 9.49. The van der Waals surface area contributed by atoms with Crippen molar-refractivity contribution in [3.05, 3.63) is 47.0 Å². The van der Waals surface area contributed by atoms with Gasteiger partial charge in [0.25, 0.3) is 0 Å². The van der Waals surface area contributed by atoms with Crippen LogP contribution in [-0.4, -0.2) is 69.5 Å². The molecule has 4 aliphatic rings. The SMILES string of the molecule is CC(=O)O[C@@]12CO[C@@H]1C[C@H](O)[C@]1(C)[C@@H]2[C@H](OC(=O)c2ccccc2)[C@]2(C(C)(C)O)C[C@H](C)C(C)=C2[C@H](C)[C@@H]1O. The first kappa shape index (κ1) is 28.3. The molecular weight excluding hydrogens is 500 g/mol. The monoisotopic (exact) mass is 542 g/mol. The summed E-state index contributed by atoms with van der Waals surface area (Å²) in [4.78, 5) is 26.4. The van der Waals surface area contributed by atoms with Crippen LogP contribution in [0.1, 0.15) is 71.7 Å². The number of hydrogen-bond acceptors (Lipinski definition) is 8. The van der Waals surface area contributed by atoms with Gasteiger partial charge in [-0.05, 0) is 45.2 Å². The first-order chi connectivity index (χ1) is 18.1. The maximum Gasteiger partial charge on any atom is 0.338 e. The highest BCUT2D eigenvalue weighted by Gasteiger charge is 2.78. The predicted octanol–water partition coefficient (Wildman–Crippen LogP) is 3.42. The van der Waals surface area contributed by atoms with Crippen molar-refractivity contribution in [3.63, 3.8) is 0 Å². The minimum Gasteiger partial charge on any atom is -0.457 e. The Morgan fingerprint density at radius 2 is 1.77 bits per heavy atom. The van der Waals surface area contributed by atoms with Crippen LogP contribution in [0.15, 0.2) is 41.5 Å². The normalized spacial score (nSPS) is 43.4. The van der Waals surface area contributed by atoms with E-state index in [9.17, 15) is 24.9 Å². The summed E-state index contributed by atoms with van der Waals surface area (Å²) in [6, 6.07) is 8.64. The Morgan fingerprint density at radius 1 is 1.13 bits per heavy atom. The number of esters is 2. The van der Waals surface area contributed by atoms with E-state index in [-0.39, 0.29) is 18.9 Å². The fourth-order valence-corrected chi connectivity index (χ4v) is 8.74. The van der Waals surface area contributed by atoms with E-state index in [1.54, 1.807) is 45.0 Å². The number of carbonyl (C=O) groups is 2. The molecule has 0 unspecified atom stereocenters. The molecule has 1 aliphatic heterocycles. The Labute approximate surface area is 230 Å². The summed E-state index contributed by atoms with van der Waals surface area (Å²) >= 11 is 0. The number of benzene rings is 1. The van der Waals surface area contributed by atoms with Gasteiger partial charge in [-0.15, -0.1) is 0 Å². The topological polar surface area (TPSA) is 123 Å². The number of fused-ring (bicyclic) bond motifs is 4. The lowest BCUT2D eigenvalue weighted by Crippen LogP contribution is -2.78. The number of rotatable bonds is 4. The molecule has 0 radical (unpaired) electrons. The second-order valence-corrected chi connectivity index (χ2v) is 13.1. The second kappa shape index (κ2) is 9.13. The van der Waals surface area contributed by atoms with Gasteiger partial charge in [0.2, 0.25) is 0 Å². The van der Waals surface area contributed by atoms with Crippen molar-refractivity contribution in [1.82, 2.24) is 0 Å². The van der Waals surface area contributed by atoms with Crippen molar-refractivity contribution in [2.75, 3.05) is 6.61 Å². The minimum atomic E-state index is -1.41. The molecule has 5 rings (SSSR count). The van der Waals surface area contributed by atoms with Gasteiger partial charge >= 0.3 is 11.9 Å². The third kappa shape index (κ3) is 3.71. The molecule has 1 heterocycles. The summed E-state index contributed by atoms with van der Waals surface area (Å²) in [5.41, 5.74) is -2.83. The third-order valence-corrected chi connectivity index (χ3v) is 10.7. The molecule has 1 aromatic rings. The molecule has 8 nitrogen and oxygen atoms in total. The number of aliphatic hydroxyl groups is 3. The summed E-state index contributed by atoms with van der Waals surface area (Å²) in [5, 5.41) is 35.9. The summed E-state index contributed by atoms with van der Waals surface area (Å²) in [6.45, 7) is 12.6. The third-order valence-electron chi connectivity index (χ3n) is 10.7. The van der Waals surface area contributed by atoms with E-state index in [4.69, 9.17) is 14.2 Å². The molecule has 3 aliphatic carbocycles. The summed E-state index contributed by atoms with van der Waals surface area (Å²) in [7, 11) is 0. The van der Waals surface area contributed by atoms with Gasteiger partial charge in [0.1, 0.15) is 12.2 Å². The van der Waals surface area contributed by atoms with E-state index in [0.717, 1.165) is 11.1 Å². The lowest BCUT2D eigenvalue weighted by Gasteiger charge is -2.65. The fourth-order valence-electron chi connectivity index (χ4n) is 8.74. The van der Waals surface area contributed by atoms with Crippen LogP contribution < -0.4 is 0 Å². The van der Waals surface area contributed by atoms with Gasteiger partial charge in [0, 0.05) is 24.7 Å². The Morgan fingerprint density at radius 3 is 2.31 bits per heavy atom. The van der Waals surface area contributed by atoms with Crippen LogP contribution in [0.25, 0.3) is 0 Å². The molecule has 10 atom stereocenters. The summed E-state index contributed by atoms with van der Waals surface area (Å²) < 4.78 is 18.5. The molecule has 214 valence electrons. The highest BCUT2D eigenvalue weighted by atomic mass is 16.6. The molecule has 1 saturated heterocycles. The van der Waals surface area contributed by atoms with E-state index in [1.165, 1.54) is 6.92 Å². The Bertz CT molecular complexity index is 1190. The molecule has 2 saturated carbocycles. The first-order valence-corrected chi connectivity index (χ1v) is 14.0. The summed E-state index contributed by atoms with van der Waals surface area (Å²) in [6.07, 6.45) is -3.18. The largest absolute Gasteiger partial charge is 0.457 e. The lowest BCUT2D eigenvalue weighted by molar-refractivity contribution is -0.350. The summed E-state index contributed by atoms with van der Waals surface area (Å²) in [5.74, 6) is -2.41. The predicted molar refractivity (Wildman–Crippen MR) is 142 cm³/mol. The van der Waals surface area contributed by atoms with Gasteiger partial charge in [0.05, 0.1) is 41.3 Å². The second-order valence-electron chi connectivity index (χ2n) is 13.1. The highest BCUT2D eigenvalue weighted by molar-refractivity contribution is 5.89. The van der Waals surface area contributed by atoms with Crippen LogP contribution in [0.5, 0.6) is 0 Å². The van der Waals surface area contributed by atoms with E-state index in [2.05, 4.69) is 6.92 Å². The quantitative estimate of drug-likeness (QED) is 0.391. The average Bonchev–Trinajstić information content (AvgIpc) is 3.11. The maximum atomic E-state index is 13.8. The molecule has 1 aromatic carbocycles. The van der Waals surface area contributed by atoms with Gasteiger partial charge < -0.3 is 29.5 Å². The van der Waals surface area contributed by atoms with Gasteiger partial charge in [-0.25, -0.2) is 4.79 Å². The van der Waals surface area contributed by atoms with Crippen molar-refractivity contribution < 1.29 is 39.1 Å². The Kier molecular flexibility index (Phi) is 6.62. The molecule has 39 heavy (non-hydrogen) atoms. The number of aliphatic hydroxyl groups excluding tert-OH is 2. The van der Waals surface area contributed by atoms with Gasteiger partial charge in [-0.2, -0.15) is 0 Å². The molecule has 0 aromatic heterocycles. The van der Waals surface area contributed by atoms with E-state index in [1.807, 2.05) is 19.9 Å². The molecule has 3 fully saturated rings. The Hall–Kier alpha value is -2.26. The smallest absolute Gasteiger partial charge is 0.338 e. The highest BCUT2D eigenvalue weighted by Crippen LogP contribution is 2.69. The maximum absolute atomic E-state index is 13.8. The van der Waals surface area contributed by atoms with E-state index >= 15 is 0 Å².